The van der Waals surface area contributed by atoms with Crippen molar-refractivity contribution in [2.24, 2.45) is 0 Å². The highest BCUT2D eigenvalue weighted by Crippen LogP contribution is 2.26. The number of ether oxygens (including phenoxy) is 2. The van der Waals surface area contributed by atoms with Gasteiger partial charge in [-0.2, -0.15) is 0 Å². The number of methoxy groups -OCH3 is 2. The van der Waals surface area contributed by atoms with Crippen molar-refractivity contribution in [1.82, 2.24) is 0 Å². The van der Waals surface area contributed by atoms with Gasteiger partial charge in [0.1, 0.15) is 11.5 Å². The summed E-state index contributed by atoms with van der Waals surface area (Å²) in [6.07, 6.45) is 0.933. The van der Waals surface area contributed by atoms with Gasteiger partial charge in [-0.3, -0.25) is 9.59 Å². The van der Waals surface area contributed by atoms with Crippen molar-refractivity contribution in [2.45, 2.75) is 26.7 Å². The summed E-state index contributed by atoms with van der Waals surface area (Å²) in [5.41, 5.74) is 3.10. The van der Waals surface area contributed by atoms with Crippen LogP contribution in [0, 0.1) is 0 Å². The van der Waals surface area contributed by atoms with Crippen molar-refractivity contribution in [2.75, 3.05) is 24.9 Å². The summed E-state index contributed by atoms with van der Waals surface area (Å²) in [4.78, 5) is 23.8. The maximum atomic E-state index is 12.5. The first-order chi connectivity index (χ1) is 12.5. The van der Waals surface area contributed by atoms with Gasteiger partial charge in [0.05, 0.1) is 20.6 Å². The maximum Gasteiger partial charge on any atom is 0.228 e. The van der Waals surface area contributed by atoms with Crippen molar-refractivity contribution >= 4 is 23.2 Å². The Morgan fingerprint density at radius 2 is 1.69 bits per heavy atom. The van der Waals surface area contributed by atoms with Crippen LogP contribution in [0.2, 0.25) is 0 Å². The number of hydrogen-bond acceptors (Lipinski definition) is 4. The molecule has 0 heterocycles. The lowest BCUT2D eigenvalue weighted by atomic mass is 10.1. The molecule has 2 aromatic carbocycles. The largest absolute Gasteiger partial charge is 0.497 e. The molecule has 6 nitrogen and oxygen atoms in total. The second-order valence-electron chi connectivity index (χ2n) is 5.81. The first kappa shape index (κ1) is 19.3. The fourth-order valence-electron chi connectivity index (χ4n) is 2.65. The first-order valence-electron chi connectivity index (χ1n) is 8.38. The average Bonchev–Trinajstić information content (AvgIpc) is 2.61. The fraction of sp³-hybridized carbons (Fsp3) is 0.300. The minimum Gasteiger partial charge on any atom is -0.497 e. The van der Waals surface area contributed by atoms with E-state index in [0.717, 1.165) is 17.5 Å². The number of anilines is 2. The molecule has 0 fully saturated rings. The van der Waals surface area contributed by atoms with Gasteiger partial charge in [-0.15, -0.1) is 0 Å². The van der Waals surface area contributed by atoms with E-state index >= 15 is 0 Å². The normalized spacial score (nSPS) is 10.2. The van der Waals surface area contributed by atoms with Gasteiger partial charge in [0.2, 0.25) is 11.8 Å². The number of carbonyl (C=O) groups is 2. The molecule has 2 N–H and O–H groups in total. The lowest BCUT2D eigenvalue weighted by Crippen LogP contribution is -2.16. The van der Waals surface area contributed by atoms with E-state index in [2.05, 4.69) is 10.6 Å². The lowest BCUT2D eigenvalue weighted by Gasteiger charge is -2.14. The number of hydrogen-bond donors (Lipinski definition) is 2. The Morgan fingerprint density at radius 1 is 0.962 bits per heavy atom. The Bertz CT molecular complexity index is 802. The highest BCUT2D eigenvalue weighted by atomic mass is 16.5. The van der Waals surface area contributed by atoms with Crippen LogP contribution in [-0.4, -0.2) is 26.0 Å². The molecule has 26 heavy (non-hydrogen) atoms. The van der Waals surface area contributed by atoms with Gasteiger partial charge < -0.3 is 20.1 Å². The molecule has 0 saturated carbocycles. The van der Waals surface area contributed by atoms with Gasteiger partial charge in [-0.1, -0.05) is 19.1 Å². The van der Waals surface area contributed by atoms with Crippen molar-refractivity contribution < 1.29 is 19.1 Å². The SMILES string of the molecule is CCc1ccc(NC(C)=O)cc1NC(=O)Cc1ccc(OC)cc1OC. The van der Waals surface area contributed by atoms with Crippen LogP contribution in [0.4, 0.5) is 11.4 Å². The Morgan fingerprint density at radius 3 is 2.31 bits per heavy atom. The molecular weight excluding hydrogens is 332 g/mol. The molecule has 6 heteroatoms. The molecule has 2 rings (SSSR count). The summed E-state index contributed by atoms with van der Waals surface area (Å²) >= 11 is 0. The highest BCUT2D eigenvalue weighted by molar-refractivity contribution is 5.95. The second kappa shape index (κ2) is 8.89. The fourth-order valence-corrected chi connectivity index (χ4v) is 2.65. The van der Waals surface area contributed by atoms with E-state index in [1.165, 1.54) is 6.92 Å². The first-order valence-corrected chi connectivity index (χ1v) is 8.38. The van der Waals surface area contributed by atoms with Crippen LogP contribution >= 0.6 is 0 Å². The molecule has 0 bridgehead atoms. The molecule has 0 aliphatic heterocycles. The zero-order valence-electron chi connectivity index (χ0n) is 15.5. The van der Waals surface area contributed by atoms with Crippen LogP contribution in [0.5, 0.6) is 11.5 Å². The second-order valence-corrected chi connectivity index (χ2v) is 5.81. The Balaban J connectivity index is 2.18. The highest BCUT2D eigenvalue weighted by Gasteiger charge is 2.12. The van der Waals surface area contributed by atoms with Crippen LogP contribution in [0.1, 0.15) is 25.0 Å². The Labute approximate surface area is 153 Å². The average molecular weight is 356 g/mol. The van der Waals surface area contributed by atoms with E-state index in [1.807, 2.05) is 25.1 Å². The molecule has 0 atom stereocenters. The Hall–Kier alpha value is -3.02. The van der Waals surface area contributed by atoms with Gasteiger partial charge in [0, 0.05) is 29.9 Å². The molecule has 0 spiro atoms. The number of amides is 2. The van der Waals surface area contributed by atoms with E-state index in [0.29, 0.717) is 22.9 Å². The van der Waals surface area contributed by atoms with Crippen LogP contribution in [0.15, 0.2) is 36.4 Å². The summed E-state index contributed by atoms with van der Waals surface area (Å²) in [5, 5.41) is 5.65. The zero-order valence-corrected chi connectivity index (χ0v) is 15.5. The van der Waals surface area contributed by atoms with E-state index in [9.17, 15) is 9.59 Å². The third kappa shape index (κ3) is 4.99. The maximum absolute atomic E-state index is 12.5. The van der Waals surface area contributed by atoms with E-state index in [1.54, 1.807) is 32.4 Å². The molecule has 0 unspecified atom stereocenters. The lowest BCUT2D eigenvalue weighted by molar-refractivity contribution is -0.116. The summed E-state index contributed by atoms with van der Waals surface area (Å²) in [5.74, 6) is 0.946. The summed E-state index contributed by atoms with van der Waals surface area (Å²) in [7, 11) is 3.14. The molecule has 0 aromatic heterocycles. The molecular formula is C20H24N2O4. The van der Waals surface area contributed by atoms with Crippen molar-refractivity contribution in [3.63, 3.8) is 0 Å². The molecule has 0 radical (unpaired) electrons. The molecule has 2 amide bonds. The van der Waals surface area contributed by atoms with Crippen molar-refractivity contribution in [3.05, 3.63) is 47.5 Å². The summed E-state index contributed by atoms with van der Waals surface area (Å²) in [6.45, 7) is 3.46. The van der Waals surface area contributed by atoms with E-state index < -0.39 is 0 Å². The molecule has 0 aliphatic rings. The number of nitrogens with one attached hydrogen (secondary N) is 2. The standard InChI is InChI=1S/C20H24N2O4/c1-5-14-6-8-16(21-13(2)23)11-18(14)22-20(24)10-15-7-9-17(25-3)12-19(15)26-4/h6-9,11-12H,5,10H2,1-4H3,(H,21,23)(H,22,24). The predicted molar refractivity (Wildman–Crippen MR) is 102 cm³/mol. The number of aryl methyl sites for hydroxylation is 1. The molecule has 2 aromatic rings. The van der Waals surface area contributed by atoms with Gasteiger partial charge in [-0.25, -0.2) is 0 Å². The smallest absolute Gasteiger partial charge is 0.228 e. The minimum atomic E-state index is -0.164. The van der Waals surface area contributed by atoms with Crippen molar-refractivity contribution in [1.29, 1.82) is 0 Å². The third-order valence-electron chi connectivity index (χ3n) is 3.93. The third-order valence-corrected chi connectivity index (χ3v) is 3.93. The van der Waals surface area contributed by atoms with E-state index in [4.69, 9.17) is 9.47 Å². The van der Waals surface area contributed by atoms with Gasteiger partial charge in [-0.05, 0) is 30.2 Å². The van der Waals surface area contributed by atoms with E-state index in [-0.39, 0.29) is 18.2 Å². The Kier molecular flexibility index (Phi) is 6.60. The number of carbonyl (C=O) groups excluding carboxylic acids is 2. The summed E-state index contributed by atoms with van der Waals surface area (Å²) in [6, 6.07) is 10.8. The molecule has 138 valence electrons. The monoisotopic (exact) mass is 356 g/mol. The quantitative estimate of drug-likeness (QED) is 0.797. The number of benzene rings is 2. The van der Waals surface area contributed by atoms with Crippen LogP contribution < -0.4 is 20.1 Å². The van der Waals surface area contributed by atoms with Crippen molar-refractivity contribution in [3.8, 4) is 11.5 Å². The molecule has 0 saturated heterocycles. The summed E-state index contributed by atoms with van der Waals surface area (Å²) < 4.78 is 10.5. The molecule has 0 aliphatic carbocycles. The van der Waals surface area contributed by atoms with Gasteiger partial charge in [0.15, 0.2) is 0 Å². The zero-order chi connectivity index (χ0) is 19.1. The van der Waals surface area contributed by atoms with Crippen LogP contribution in [0.3, 0.4) is 0 Å². The van der Waals surface area contributed by atoms with Crippen LogP contribution in [-0.2, 0) is 22.4 Å². The predicted octanol–water partition coefficient (Wildman–Crippen LogP) is 3.41. The van der Waals surface area contributed by atoms with Crippen LogP contribution in [0.25, 0.3) is 0 Å². The van der Waals surface area contributed by atoms with Gasteiger partial charge >= 0.3 is 0 Å². The van der Waals surface area contributed by atoms with Gasteiger partial charge in [0.25, 0.3) is 0 Å². The number of rotatable bonds is 7. The minimum absolute atomic E-state index is 0.158. The topological polar surface area (TPSA) is 76.7 Å².